The average Bonchev–Trinajstić information content (AvgIpc) is 2.78. The van der Waals surface area contributed by atoms with Crippen molar-refractivity contribution in [3.05, 3.63) is 65.2 Å². The van der Waals surface area contributed by atoms with E-state index < -0.39 is 0 Å². The van der Waals surface area contributed by atoms with Gasteiger partial charge >= 0.3 is 0 Å². The van der Waals surface area contributed by atoms with Gasteiger partial charge in [-0.3, -0.25) is 0 Å². The SMILES string of the molecule is Cc1cc(Cc2c[nH]c3ncccc23)ccc1F. The molecule has 0 atom stereocenters. The van der Waals surface area contributed by atoms with Crippen LogP contribution in [-0.4, -0.2) is 9.97 Å². The molecule has 3 rings (SSSR count). The first-order valence-electron chi connectivity index (χ1n) is 5.90. The average molecular weight is 240 g/mol. The van der Waals surface area contributed by atoms with Gasteiger partial charge in [0.05, 0.1) is 0 Å². The number of fused-ring (bicyclic) bond motifs is 1. The fourth-order valence-electron chi connectivity index (χ4n) is 2.20. The number of H-pyrrole nitrogens is 1. The first-order chi connectivity index (χ1) is 8.74. The number of hydrogen-bond donors (Lipinski definition) is 1. The summed E-state index contributed by atoms with van der Waals surface area (Å²) in [4.78, 5) is 7.41. The van der Waals surface area contributed by atoms with E-state index in [2.05, 4.69) is 9.97 Å². The summed E-state index contributed by atoms with van der Waals surface area (Å²) in [7, 11) is 0. The molecule has 0 aliphatic carbocycles. The highest BCUT2D eigenvalue weighted by atomic mass is 19.1. The zero-order valence-electron chi connectivity index (χ0n) is 10.1. The molecule has 0 spiro atoms. The maximum atomic E-state index is 13.2. The number of pyridine rings is 1. The van der Waals surface area contributed by atoms with Gasteiger partial charge in [-0.15, -0.1) is 0 Å². The van der Waals surface area contributed by atoms with Crippen LogP contribution in [0, 0.1) is 12.7 Å². The highest BCUT2D eigenvalue weighted by Gasteiger charge is 2.06. The molecule has 0 saturated carbocycles. The summed E-state index contributed by atoms with van der Waals surface area (Å²) in [5.74, 6) is -0.153. The van der Waals surface area contributed by atoms with Gasteiger partial charge in [-0.1, -0.05) is 12.1 Å². The maximum absolute atomic E-state index is 13.2. The van der Waals surface area contributed by atoms with Crippen molar-refractivity contribution in [3.63, 3.8) is 0 Å². The second-order valence-corrected chi connectivity index (χ2v) is 4.47. The second kappa shape index (κ2) is 4.26. The number of aryl methyl sites for hydroxylation is 1. The number of nitrogens with zero attached hydrogens (tertiary/aromatic N) is 1. The number of hydrogen-bond acceptors (Lipinski definition) is 1. The fourth-order valence-corrected chi connectivity index (χ4v) is 2.20. The molecule has 3 aromatic rings. The van der Waals surface area contributed by atoms with Crippen molar-refractivity contribution in [1.29, 1.82) is 0 Å². The number of halogens is 1. The summed E-state index contributed by atoms with van der Waals surface area (Å²) in [6.45, 7) is 1.79. The lowest BCUT2D eigenvalue weighted by atomic mass is 10.0. The number of aromatic nitrogens is 2. The van der Waals surface area contributed by atoms with Crippen molar-refractivity contribution < 1.29 is 4.39 Å². The van der Waals surface area contributed by atoms with Crippen molar-refractivity contribution in [3.8, 4) is 0 Å². The van der Waals surface area contributed by atoms with E-state index in [1.54, 1.807) is 13.1 Å². The van der Waals surface area contributed by atoms with Gasteiger partial charge in [-0.25, -0.2) is 9.37 Å². The minimum atomic E-state index is -0.153. The molecule has 1 N–H and O–H groups in total. The molecule has 3 heteroatoms. The van der Waals surface area contributed by atoms with Crippen LogP contribution in [0.4, 0.5) is 4.39 Å². The molecular weight excluding hydrogens is 227 g/mol. The van der Waals surface area contributed by atoms with Crippen molar-refractivity contribution in [1.82, 2.24) is 9.97 Å². The Morgan fingerprint density at radius 1 is 1.28 bits per heavy atom. The number of nitrogens with one attached hydrogen (secondary N) is 1. The highest BCUT2D eigenvalue weighted by Crippen LogP contribution is 2.20. The van der Waals surface area contributed by atoms with Gasteiger partial charge < -0.3 is 4.98 Å². The van der Waals surface area contributed by atoms with Crippen LogP contribution in [0.3, 0.4) is 0 Å². The van der Waals surface area contributed by atoms with Crippen LogP contribution in [-0.2, 0) is 6.42 Å². The Balaban J connectivity index is 1.98. The lowest BCUT2D eigenvalue weighted by molar-refractivity contribution is 0.618. The highest BCUT2D eigenvalue weighted by molar-refractivity contribution is 5.79. The summed E-state index contributed by atoms with van der Waals surface area (Å²) >= 11 is 0. The van der Waals surface area contributed by atoms with Crippen molar-refractivity contribution in [2.75, 3.05) is 0 Å². The van der Waals surface area contributed by atoms with Gasteiger partial charge in [0.2, 0.25) is 0 Å². The quantitative estimate of drug-likeness (QED) is 0.728. The van der Waals surface area contributed by atoms with E-state index in [0.29, 0.717) is 5.56 Å². The van der Waals surface area contributed by atoms with E-state index in [9.17, 15) is 4.39 Å². The normalized spacial score (nSPS) is 11.0. The molecule has 0 aliphatic heterocycles. The molecule has 0 aliphatic rings. The topological polar surface area (TPSA) is 28.7 Å². The monoisotopic (exact) mass is 240 g/mol. The molecule has 90 valence electrons. The van der Waals surface area contributed by atoms with Gasteiger partial charge in [0.15, 0.2) is 0 Å². The first-order valence-corrected chi connectivity index (χ1v) is 5.90. The van der Waals surface area contributed by atoms with Crippen LogP contribution < -0.4 is 0 Å². The molecule has 0 bridgehead atoms. The standard InChI is InChI=1S/C15H13FN2/c1-10-7-11(4-5-14(10)16)8-12-9-18-15-13(12)3-2-6-17-15/h2-7,9H,8H2,1H3,(H,17,18). The zero-order chi connectivity index (χ0) is 12.5. The predicted molar refractivity (Wildman–Crippen MR) is 70.0 cm³/mol. The minimum Gasteiger partial charge on any atom is -0.346 e. The van der Waals surface area contributed by atoms with E-state index >= 15 is 0 Å². The third-order valence-corrected chi connectivity index (χ3v) is 3.15. The van der Waals surface area contributed by atoms with Crippen molar-refractivity contribution >= 4 is 11.0 Å². The third kappa shape index (κ3) is 1.88. The summed E-state index contributed by atoms with van der Waals surface area (Å²) < 4.78 is 13.2. The Morgan fingerprint density at radius 3 is 3.00 bits per heavy atom. The summed E-state index contributed by atoms with van der Waals surface area (Å²) in [6.07, 6.45) is 4.52. The number of aromatic amines is 1. The molecule has 2 heterocycles. The molecular formula is C15H13FN2. The first kappa shape index (κ1) is 11.0. The Hall–Kier alpha value is -2.16. The van der Waals surface area contributed by atoms with Crippen LogP contribution >= 0.6 is 0 Å². The number of benzene rings is 1. The molecule has 2 aromatic heterocycles. The van der Waals surface area contributed by atoms with Crippen LogP contribution in [0.1, 0.15) is 16.7 Å². The van der Waals surface area contributed by atoms with Gasteiger partial charge in [0.25, 0.3) is 0 Å². The van der Waals surface area contributed by atoms with E-state index in [-0.39, 0.29) is 5.82 Å². The molecule has 18 heavy (non-hydrogen) atoms. The molecule has 0 amide bonds. The van der Waals surface area contributed by atoms with E-state index in [0.717, 1.165) is 23.0 Å². The van der Waals surface area contributed by atoms with Gasteiger partial charge in [0, 0.05) is 17.8 Å². The lowest BCUT2D eigenvalue weighted by Crippen LogP contribution is -1.90. The van der Waals surface area contributed by atoms with Crippen molar-refractivity contribution in [2.45, 2.75) is 13.3 Å². The lowest BCUT2D eigenvalue weighted by Gasteiger charge is -2.03. The van der Waals surface area contributed by atoms with Gasteiger partial charge in [-0.2, -0.15) is 0 Å². The molecule has 0 fully saturated rings. The second-order valence-electron chi connectivity index (χ2n) is 4.47. The zero-order valence-corrected chi connectivity index (χ0v) is 10.1. The third-order valence-electron chi connectivity index (χ3n) is 3.15. The van der Waals surface area contributed by atoms with E-state index in [1.807, 2.05) is 30.5 Å². The summed E-state index contributed by atoms with van der Waals surface area (Å²) in [5, 5.41) is 1.12. The minimum absolute atomic E-state index is 0.153. The van der Waals surface area contributed by atoms with Crippen LogP contribution in [0.2, 0.25) is 0 Å². The van der Waals surface area contributed by atoms with E-state index in [1.165, 1.54) is 11.6 Å². The maximum Gasteiger partial charge on any atom is 0.137 e. The Labute approximate surface area is 104 Å². The van der Waals surface area contributed by atoms with Crippen LogP contribution in [0.15, 0.2) is 42.7 Å². The van der Waals surface area contributed by atoms with Crippen LogP contribution in [0.5, 0.6) is 0 Å². The summed E-state index contributed by atoms with van der Waals surface area (Å²) in [6, 6.07) is 9.22. The smallest absolute Gasteiger partial charge is 0.137 e. The fraction of sp³-hybridized carbons (Fsp3) is 0.133. The van der Waals surface area contributed by atoms with Gasteiger partial charge in [-0.05, 0) is 48.2 Å². The Morgan fingerprint density at radius 2 is 2.17 bits per heavy atom. The van der Waals surface area contributed by atoms with Gasteiger partial charge in [0.1, 0.15) is 11.5 Å². The Bertz CT molecular complexity index is 701. The van der Waals surface area contributed by atoms with E-state index in [4.69, 9.17) is 0 Å². The molecule has 0 radical (unpaired) electrons. The predicted octanol–water partition coefficient (Wildman–Crippen LogP) is 3.60. The Kier molecular flexibility index (Phi) is 2.59. The molecule has 0 unspecified atom stereocenters. The largest absolute Gasteiger partial charge is 0.346 e. The van der Waals surface area contributed by atoms with Crippen LogP contribution in [0.25, 0.3) is 11.0 Å². The van der Waals surface area contributed by atoms with Crippen molar-refractivity contribution in [2.24, 2.45) is 0 Å². The number of rotatable bonds is 2. The molecule has 2 nitrogen and oxygen atoms in total. The molecule has 0 saturated heterocycles. The molecule has 1 aromatic carbocycles. The summed E-state index contributed by atoms with van der Waals surface area (Å²) in [5.41, 5.74) is 3.87.